The van der Waals surface area contributed by atoms with Crippen LogP contribution < -0.4 is 4.90 Å². The Labute approximate surface area is 182 Å². The fourth-order valence-corrected chi connectivity index (χ4v) is 5.28. The van der Waals surface area contributed by atoms with Gasteiger partial charge in [0.15, 0.2) is 5.13 Å². The predicted molar refractivity (Wildman–Crippen MR) is 122 cm³/mol. The van der Waals surface area contributed by atoms with E-state index >= 15 is 0 Å². The fourth-order valence-electron chi connectivity index (χ4n) is 3.05. The second-order valence-electron chi connectivity index (χ2n) is 6.40. The standard InChI is InChI=1S/C21H13BrN4OS2/c22-15-4-6-17-19(9-15)29-21(25-17)26(11-13-2-1-7-23-10-13)20(27)14-3-5-16-18(8-14)28-12-24-16/h1-10,12H,11H2. The van der Waals surface area contributed by atoms with Crippen molar-refractivity contribution in [1.29, 1.82) is 0 Å². The Balaban J connectivity index is 1.59. The summed E-state index contributed by atoms with van der Waals surface area (Å²) in [6.45, 7) is 0.397. The van der Waals surface area contributed by atoms with Gasteiger partial charge in [0, 0.05) is 22.4 Å². The molecule has 3 aromatic heterocycles. The van der Waals surface area contributed by atoms with Crippen molar-refractivity contribution in [3.05, 3.63) is 82.0 Å². The zero-order chi connectivity index (χ0) is 19.8. The van der Waals surface area contributed by atoms with Crippen LogP contribution in [0.1, 0.15) is 15.9 Å². The number of benzene rings is 2. The molecule has 0 aliphatic heterocycles. The summed E-state index contributed by atoms with van der Waals surface area (Å²) in [6.07, 6.45) is 3.50. The molecule has 1 amide bonds. The lowest BCUT2D eigenvalue weighted by Gasteiger charge is -2.20. The number of amides is 1. The number of fused-ring (bicyclic) bond motifs is 2. The van der Waals surface area contributed by atoms with Crippen LogP contribution in [0, 0.1) is 0 Å². The number of aromatic nitrogens is 3. The van der Waals surface area contributed by atoms with Gasteiger partial charge in [-0.25, -0.2) is 9.97 Å². The van der Waals surface area contributed by atoms with Crippen LogP contribution in [0.15, 0.2) is 70.9 Å². The fraction of sp³-hybridized carbons (Fsp3) is 0.0476. The Kier molecular flexibility index (Phi) is 4.83. The van der Waals surface area contributed by atoms with Crippen LogP contribution in [0.5, 0.6) is 0 Å². The van der Waals surface area contributed by atoms with E-state index in [0.717, 1.165) is 30.5 Å². The minimum atomic E-state index is -0.0951. The molecule has 8 heteroatoms. The molecule has 29 heavy (non-hydrogen) atoms. The molecule has 0 saturated carbocycles. The average Bonchev–Trinajstić information content (AvgIpc) is 3.38. The molecular formula is C21H13BrN4OS2. The van der Waals surface area contributed by atoms with Crippen molar-refractivity contribution in [2.75, 3.05) is 4.90 Å². The molecule has 0 N–H and O–H groups in total. The van der Waals surface area contributed by atoms with E-state index in [2.05, 4.69) is 25.9 Å². The number of anilines is 1. The van der Waals surface area contributed by atoms with Gasteiger partial charge in [-0.15, -0.1) is 11.3 Å². The number of carbonyl (C=O) groups excluding carboxylic acids is 1. The van der Waals surface area contributed by atoms with E-state index in [1.165, 1.54) is 22.7 Å². The number of thiazole rings is 2. The molecule has 0 radical (unpaired) electrons. The molecule has 3 heterocycles. The molecule has 2 aromatic carbocycles. The molecule has 142 valence electrons. The van der Waals surface area contributed by atoms with Crippen LogP contribution in [0.4, 0.5) is 5.13 Å². The van der Waals surface area contributed by atoms with Crippen LogP contribution in [0.2, 0.25) is 0 Å². The second kappa shape index (κ2) is 7.62. The maximum atomic E-state index is 13.5. The Morgan fingerprint density at radius 1 is 1.07 bits per heavy atom. The third kappa shape index (κ3) is 3.66. The van der Waals surface area contributed by atoms with Gasteiger partial charge in [-0.2, -0.15) is 0 Å². The molecule has 0 bridgehead atoms. The number of hydrogen-bond donors (Lipinski definition) is 0. The third-order valence-corrected chi connectivity index (χ3v) is 6.78. The number of hydrogen-bond acceptors (Lipinski definition) is 6. The summed E-state index contributed by atoms with van der Waals surface area (Å²) in [5, 5.41) is 0.663. The van der Waals surface area contributed by atoms with E-state index in [9.17, 15) is 4.79 Å². The van der Waals surface area contributed by atoms with Crippen molar-refractivity contribution in [2.45, 2.75) is 6.54 Å². The first-order chi connectivity index (χ1) is 14.2. The number of rotatable bonds is 4. The highest BCUT2D eigenvalue weighted by atomic mass is 79.9. The normalized spacial score (nSPS) is 11.2. The highest BCUT2D eigenvalue weighted by molar-refractivity contribution is 9.10. The molecule has 0 unspecified atom stereocenters. The maximum absolute atomic E-state index is 13.5. The third-order valence-electron chi connectivity index (χ3n) is 4.46. The topological polar surface area (TPSA) is 59.0 Å². The van der Waals surface area contributed by atoms with Gasteiger partial charge in [0.25, 0.3) is 5.91 Å². The summed E-state index contributed by atoms with van der Waals surface area (Å²) in [7, 11) is 0. The van der Waals surface area contributed by atoms with Crippen molar-refractivity contribution in [3.8, 4) is 0 Å². The van der Waals surface area contributed by atoms with Gasteiger partial charge < -0.3 is 0 Å². The van der Waals surface area contributed by atoms with Crippen molar-refractivity contribution < 1.29 is 4.79 Å². The first-order valence-electron chi connectivity index (χ1n) is 8.77. The van der Waals surface area contributed by atoms with E-state index in [1.807, 2.05) is 48.5 Å². The molecule has 0 aliphatic carbocycles. The lowest BCUT2D eigenvalue weighted by atomic mass is 10.1. The monoisotopic (exact) mass is 480 g/mol. The molecule has 5 nitrogen and oxygen atoms in total. The van der Waals surface area contributed by atoms with Crippen LogP contribution in [0.25, 0.3) is 20.4 Å². The molecule has 0 saturated heterocycles. The highest BCUT2D eigenvalue weighted by Crippen LogP contribution is 2.33. The van der Waals surface area contributed by atoms with Gasteiger partial charge in [0.05, 0.1) is 32.5 Å². The number of pyridine rings is 1. The SMILES string of the molecule is O=C(c1ccc2ncsc2c1)N(Cc1cccnc1)c1nc2ccc(Br)cc2s1. The van der Waals surface area contributed by atoms with Gasteiger partial charge in [-0.05, 0) is 48.0 Å². The first-order valence-corrected chi connectivity index (χ1v) is 11.3. The Bertz CT molecular complexity index is 1330. The molecule has 5 rings (SSSR count). The van der Waals surface area contributed by atoms with Crippen molar-refractivity contribution in [3.63, 3.8) is 0 Å². The summed E-state index contributed by atoms with van der Waals surface area (Å²) < 4.78 is 3.00. The van der Waals surface area contributed by atoms with E-state index in [4.69, 9.17) is 4.98 Å². The molecule has 0 fully saturated rings. The summed E-state index contributed by atoms with van der Waals surface area (Å²) in [5.41, 5.74) is 5.12. The van der Waals surface area contributed by atoms with E-state index in [1.54, 1.807) is 22.8 Å². The van der Waals surface area contributed by atoms with Crippen LogP contribution in [-0.4, -0.2) is 20.9 Å². The molecule has 5 aromatic rings. The minimum absolute atomic E-state index is 0.0951. The largest absolute Gasteiger partial charge is 0.279 e. The lowest BCUT2D eigenvalue weighted by molar-refractivity contribution is 0.0985. The van der Waals surface area contributed by atoms with Crippen LogP contribution >= 0.6 is 38.6 Å². The zero-order valence-electron chi connectivity index (χ0n) is 14.9. The van der Waals surface area contributed by atoms with Gasteiger partial charge in [-0.3, -0.25) is 14.7 Å². The van der Waals surface area contributed by atoms with Gasteiger partial charge in [-0.1, -0.05) is 33.3 Å². The molecule has 0 spiro atoms. The smallest absolute Gasteiger partial charge is 0.260 e. The number of nitrogens with zero attached hydrogens (tertiary/aromatic N) is 4. The Hall–Kier alpha value is -2.68. The molecule has 0 atom stereocenters. The second-order valence-corrected chi connectivity index (χ2v) is 9.21. The van der Waals surface area contributed by atoms with Crippen LogP contribution in [0.3, 0.4) is 0 Å². The quantitative estimate of drug-likeness (QED) is 0.320. The van der Waals surface area contributed by atoms with Crippen molar-refractivity contribution >= 4 is 70.1 Å². The maximum Gasteiger partial charge on any atom is 0.260 e. The minimum Gasteiger partial charge on any atom is -0.279 e. The Morgan fingerprint density at radius 3 is 2.83 bits per heavy atom. The first kappa shape index (κ1) is 18.4. The summed E-state index contributed by atoms with van der Waals surface area (Å²) in [6, 6.07) is 15.4. The highest BCUT2D eigenvalue weighted by Gasteiger charge is 2.22. The van der Waals surface area contributed by atoms with E-state index in [-0.39, 0.29) is 5.91 Å². The van der Waals surface area contributed by atoms with Gasteiger partial charge >= 0.3 is 0 Å². The average molecular weight is 481 g/mol. The summed E-state index contributed by atoms with van der Waals surface area (Å²) in [4.78, 5) is 28.4. The lowest BCUT2D eigenvalue weighted by Crippen LogP contribution is -2.30. The van der Waals surface area contributed by atoms with Crippen molar-refractivity contribution in [2.24, 2.45) is 0 Å². The Morgan fingerprint density at radius 2 is 1.97 bits per heavy atom. The summed E-state index contributed by atoms with van der Waals surface area (Å²) in [5.74, 6) is -0.0951. The van der Waals surface area contributed by atoms with Crippen LogP contribution in [-0.2, 0) is 6.54 Å². The number of halogens is 1. The summed E-state index contributed by atoms with van der Waals surface area (Å²) >= 11 is 6.53. The number of carbonyl (C=O) groups is 1. The van der Waals surface area contributed by atoms with Gasteiger partial charge in [0.2, 0.25) is 0 Å². The molecular weight excluding hydrogens is 468 g/mol. The van der Waals surface area contributed by atoms with Gasteiger partial charge in [0.1, 0.15) is 0 Å². The zero-order valence-corrected chi connectivity index (χ0v) is 18.2. The molecule has 0 aliphatic rings. The van der Waals surface area contributed by atoms with Crippen molar-refractivity contribution in [1.82, 2.24) is 15.0 Å². The predicted octanol–water partition coefficient (Wildman–Crippen LogP) is 5.91. The van der Waals surface area contributed by atoms with E-state index in [0.29, 0.717) is 17.2 Å². The van der Waals surface area contributed by atoms with E-state index < -0.39 is 0 Å².